The molecule has 0 aromatic rings. The van der Waals surface area contributed by atoms with E-state index < -0.39 is 14.6 Å². The van der Waals surface area contributed by atoms with Crippen molar-refractivity contribution in [3.05, 3.63) is 0 Å². The Hall–Kier alpha value is -0.580. The van der Waals surface area contributed by atoms with Gasteiger partial charge >= 0.3 is 0 Å². The van der Waals surface area contributed by atoms with Gasteiger partial charge in [0.2, 0.25) is 5.91 Å². The number of hydrogen-bond acceptors (Lipinski definition) is 3. The third kappa shape index (κ3) is 2.81. The summed E-state index contributed by atoms with van der Waals surface area (Å²) in [7, 11) is -1.81. The van der Waals surface area contributed by atoms with Crippen LogP contribution >= 0.6 is 0 Å². The van der Waals surface area contributed by atoms with Gasteiger partial charge in [0.1, 0.15) is 0 Å². The van der Waals surface area contributed by atoms with E-state index in [4.69, 9.17) is 0 Å². The molecule has 0 bridgehead atoms. The van der Waals surface area contributed by atoms with Crippen molar-refractivity contribution in [2.45, 2.75) is 56.6 Å². The fraction of sp³-hybridized carbons (Fsp3) is 0.917. The highest BCUT2D eigenvalue weighted by Crippen LogP contribution is 2.36. The molecule has 1 aliphatic rings. The van der Waals surface area contributed by atoms with Crippen molar-refractivity contribution in [3.63, 3.8) is 0 Å². The molecule has 0 radical (unpaired) electrons. The van der Waals surface area contributed by atoms with Crippen LogP contribution in [-0.2, 0) is 14.6 Å². The van der Waals surface area contributed by atoms with Crippen molar-refractivity contribution in [3.8, 4) is 0 Å². The van der Waals surface area contributed by atoms with Crippen molar-refractivity contribution in [2.24, 2.45) is 0 Å². The molecule has 0 atom stereocenters. The molecule has 100 valence electrons. The quantitative estimate of drug-likeness (QED) is 0.818. The summed E-state index contributed by atoms with van der Waals surface area (Å²) in [4.78, 5) is 12.0. The minimum absolute atomic E-state index is 0.136. The predicted molar refractivity (Wildman–Crippen MR) is 68.6 cm³/mol. The van der Waals surface area contributed by atoms with E-state index in [1.54, 1.807) is 0 Å². The minimum Gasteiger partial charge on any atom is -0.358 e. The van der Waals surface area contributed by atoms with Crippen molar-refractivity contribution < 1.29 is 13.2 Å². The second kappa shape index (κ2) is 5.85. The van der Waals surface area contributed by atoms with E-state index in [9.17, 15) is 13.2 Å². The lowest BCUT2D eigenvalue weighted by Crippen LogP contribution is -2.53. The molecule has 5 heteroatoms. The molecule has 4 nitrogen and oxygen atoms in total. The summed E-state index contributed by atoms with van der Waals surface area (Å²) < 4.78 is 23.7. The number of nitrogens with one attached hydrogen (secondary N) is 1. The van der Waals surface area contributed by atoms with Gasteiger partial charge in [0.05, 0.1) is 5.75 Å². The van der Waals surface area contributed by atoms with Crippen molar-refractivity contribution >= 4 is 15.7 Å². The molecule has 1 fully saturated rings. The first-order valence-electron chi connectivity index (χ1n) is 6.44. The number of hydrogen-bond donors (Lipinski definition) is 1. The normalized spacial score (nSPS) is 19.9. The third-order valence-corrected chi connectivity index (χ3v) is 6.27. The number of amides is 1. The molecule has 0 aromatic carbocycles. The molecule has 0 aliphatic heterocycles. The molecule has 1 aliphatic carbocycles. The van der Waals surface area contributed by atoms with Gasteiger partial charge in [-0.05, 0) is 19.3 Å². The van der Waals surface area contributed by atoms with Gasteiger partial charge in [-0.3, -0.25) is 4.79 Å². The smallest absolute Gasteiger partial charge is 0.241 e. The molecule has 1 rings (SSSR count). The lowest BCUT2D eigenvalue weighted by molar-refractivity contribution is -0.124. The highest BCUT2D eigenvalue weighted by molar-refractivity contribution is 7.93. The second-order valence-electron chi connectivity index (χ2n) is 4.81. The van der Waals surface area contributed by atoms with E-state index in [0.717, 1.165) is 25.7 Å². The van der Waals surface area contributed by atoms with Crippen LogP contribution < -0.4 is 5.32 Å². The maximum atomic E-state index is 12.4. The maximum absolute atomic E-state index is 12.4. The molecule has 0 heterocycles. The Morgan fingerprint density at radius 1 is 1.24 bits per heavy atom. The molecular weight excluding hydrogens is 238 g/mol. The van der Waals surface area contributed by atoms with Crippen LogP contribution in [0.4, 0.5) is 0 Å². The van der Waals surface area contributed by atoms with E-state index in [0.29, 0.717) is 19.3 Å². The van der Waals surface area contributed by atoms with Crippen LogP contribution in [0.2, 0.25) is 0 Å². The Labute approximate surface area is 104 Å². The number of unbranched alkanes of at least 4 members (excludes halogenated alkanes) is 1. The topological polar surface area (TPSA) is 63.2 Å². The molecule has 1 amide bonds. The Morgan fingerprint density at radius 3 is 2.29 bits per heavy atom. The van der Waals surface area contributed by atoms with Crippen LogP contribution in [0.25, 0.3) is 0 Å². The van der Waals surface area contributed by atoms with Crippen molar-refractivity contribution in [1.82, 2.24) is 5.32 Å². The molecule has 17 heavy (non-hydrogen) atoms. The Kier molecular flexibility index (Phi) is 4.98. The lowest BCUT2D eigenvalue weighted by atomic mass is 9.87. The van der Waals surface area contributed by atoms with Crippen LogP contribution in [0.15, 0.2) is 0 Å². The summed E-state index contributed by atoms with van der Waals surface area (Å²) in [5.41, 5.74) is 0. The molecule has 1 saturated carbocycles. The summed E-state index contributed by atoms with van der Waals surface area (Å²) >= 11 is 0. The summed E-state index contributed by atoms with van der Waals surface area (Å²) in [6, 6.07) is 0. The van der Waals surface area contributed by atoms with Gasteiger partial charge in [-0.15, -0.1) is 0 Å². The Balaban J connectivity index is 3.01. The van der Waals surface area contributed by atoms with Gasteiger partial charge in [0.25, 0.3) is 0 Å². The van der Waals surface area contributed by atoms with Crippen LogP contribution in [0, 0.1) is 0 Å². The van der Waals surface area contributed by atoms with Crippen molar-refractivity contribution in [2.75, 3.05) is 12.8 Å². The molecule has 0 spiro atoms. The molecule has 0 unspecified atom stereocenters. The van der Waals surface area contributed by atoms with Gasteiger partial charge in [0.15, 0.2) is 14.6 Å². The summed E-state index contributed by atoms with van der Waals surface area (Å²) in [5, 5.41) is 2.54. The average Bonchev–Trinajstić information content (AvgIpc) is 2.36. The number of carbonyl (C=O) groups excluding carboxylic acids is 1. The van der Waals surface area contributed by atoms with Crippen LogP contribution in [-0.4, -0.2) is 31.9 Å². The van der Waals surface area contributed by atoms with Crippen LogP contribution in [0.3, 0.4) is 0 Å². The molecule has 0 aromatic heterocycles. The van der Waals surface area contributed by atoms with Gasteiger partial charge in [0, 0.05) is 7.05 Å². The average molecular weight is 261 g/mol. The van der Waals surface area contributed by atoms with E-state index in [1.807, 2.05) is 6.92 Å². The fourth-order valence-electron chi connectivity index (χ4n) is 2.56. The highest BCUT2D eigenvalue weighted by Gasteiger charge is 2.49. The third-order valence-electron chi connectivity index (χ3n) is 3.66. The van der Waals surface area contributed by atoms with Gasteiger partial charge in [-0.25, -0.2) is 8.42 Å². The zero-order valence-electron chi connectivity index (χ0n) is 10.8. The van der Waals surface area contributed by atoms with Gasteiger partial charge in [-0.1, -0.05) is 32.6 Å². The number of carbonyl (C=O) groups is 1. The fourth-order valence-corrected chi connectivity index (χ4v) is 4.91. The SMILES string of the molecule is CCCCS(=O)(=O)C1(C(=O)NC)CCCCC1. The van der Waals surface area contributed by atoms with Crippen molar-refractivity contribution in [1.29, 1.82) is 0 Å². The summed E-state index contributed by atoms with van der Waals surface area (Å²) in [6.07, 6.45) is 5.14. The molecule has 1 N–H and O–H groups in total. The zero-order valence-corrected chi connectivity index (χ0v) is 11.6. The zero-order chi connectivity index (χ0) is 12.9. The number of sulfone groups is 1. The standard InChI is InChI=1S/C12H23NO3S/c1-3-4-10-17(15,16)12(11(14)13-2)8-6-5-7-9-12/h3-10H2,1-2H3,(H,13,14). The summed E-state index contributed by atoms with van der Waals surface area (Å²) in [5.74, 6) is -0.176. The highest BCUT2D eigenvalue weighted by atomic mass is 32.2. The van der Waals surface area contributed by atoms with Crippen LogP contribution in [0.1, 0.15) is 51.9 Å². The Morgan fingerprint density at radius 2 is 1.82 bits per heavy atom. The Bertz CT molecular complexity index is 356. The van der Waals surface area contributed by atoms with E-state index in [-0.39, 0.29) is 11.7 Å². The molecular formula is C12H23NO3S. The van der Waals surface area contributed by atoms with E-state index in [2.05, 4.69) is 5.32 Å². The van der Waals surface area contributed by atoms with E-state index >= 15 is 0 Å². The van der Waals surface area contributed by atoms with E-state index in [1.165, 1.54) is 7.05 Å². The van der Waals surface area contributed by atoms with Gasteiger partial charge in [-0.2, -0.15) is 0 Å². The summed E-state index contributed by atoms with van der Waals surface area (Å²) in [6.45, 7) is 1.96. The first kappa shape index (κ1) is 14.5. The predicted octanol–water partition coefficient (Wildman–Crippen LogP) is 1.65. The van der Waals surface area contributed by atoms with Gasteiger partial charge < -0.3 is 5.32 Å². The minimum atomic E-state index is -3.33. The largest absolute Gasteiger partial charge is 0.358 e. The first-order valence-corrected chi connectivity index (χ1v) is 8.10. The monoisotopic (exact) mass is 261 g/mol. The maximum Gasteiger partial charge on any atom is 0.241 e. The second-order valence-corrected chi connectivity index (χ2v) is 7.23. The molecule has 0 saturated heterocycles. The number of rotatable bonds is 5. The lowest BCUT2D eigenvalue weighted by Gasteiger charge is -2.34. The first-order chi connectivity index (χ1) is 8.00. The van der Waals surface area contributed by atoms with Crippen LogP contribution in [0.5, 0.6) is 0 Å².